The normalized spacial score (nSPS) is 16.0. The van der Waals surface area contributed by atoms with E-state index in [0.717, 1.165) is 27.7 Å². The van der Waals surface area contributed by atoms with E-state index >= 15 is 0 Å². The highest BCUT2D eigenvalue weighted by molar-refractivity contribution is 9.10. The summed E-state index contributed by atoms with van der Waals surface area (Å²) in [5.41, 5.74) is 4.08. The topological polar surface area (TPSA) is 29.3 Å². The molecule has 0 radical (unpaired) electrons. The van der Waals surface area contributed by atoms with Gasteiger partial charge in [0.1, 0.15) is 5.52 Å². The minimum atomic E-state index is 0.669. The molecule has 0 aliphatic carbocycles. The predicted molar refractivity (Wildman–Crippen MR) is 96.3 cm³/mol. The molecule has 1 aromatic heterocycles. The molecule has 4 heteroatoms. The molecule has 0 unspecified atom stereocenters. The number of piperidine rings is 1. The second kappa shape index (κ2) is 6.46. The summed E-state index contributed by atoms with van der Waals surface area (Å²) < 4.78 is 6.93. The van der Waals surface area contributed by atoms with Gasteiger partial charge in [0.25, 0.3) is 0 Å². The number of nitrogens with zero attached hydrogens (tertiary/aromatic N) is 2. The number of hydrogen-bond donors (Lipinski definition) is 0. The standard InChI is InChI=1S/C19H19BrN2O/c20-16-7-3-2-6-15(16)19-21-17-12-14(8-9-18(17)23-19)13-22-10-4-1-5-11-22/h2-3,6-9,12H,1,4-5,10-11,13H2. The maximum atomic E-state index is 5.93. The Balaban J connectivity index is 1.63. The van der Waals surface area contributed by atoms with Gasteiger partial charge in [-0.1, -0.05) is 24.6 Å². The molecule has 1 aliphatic heterocycles. The van der Waals surface area contributed by atoms with E-state index in [1.165, 1.54) is 37.9 Å². The third kappa shape index (κ3) is 3.19. The summed E-state index contributed by atoms with van der Waals surface area (Å²) in [5.74, 6) is 0.669. The molecule has 0 saturated carbocycles. The number of rotatable bonds is 3. The van der Waals surface area contributed by atoms with Crippen LogP contribution in [0.1, 0.15) is 24.8 Å². The molecule has 0 N–H and O–H groups in total. The minimum Gasteiger partial charge on any atom is -0.436 e. The molecule has 1 fully saturated rings. The molecule has 1 saturated heterocycles. The van der Waals surface area contributed by atoms with Gasteiger partial charge in [-0.05, 0) is 71.7 Å². The molecule has 0 spiro atoms. The Morgan fingerprint density at radius 1 is 1.04 bits per heavy atom. The van der Waals surface area contributed by atoms with E-state index in [9.17, 15) is 0 Å². The van der Waals surface area contributed by atoms with Crippen molar-refractivity contribution in [1.82, 2.24) is 9.88 Å². The van der Waals surface area contributed by atoms with E-state index in [1.807, 2.05) is 30.3 Å². The largest absolute Gasteiger partial charge is 0.436 e. The Morgan fingerprint density at radius 3 is 2.70 bits per heavy atom. The van der Waals surface area contributed by atoms with Gasteiger partial charge in [0.15, 0.2) is 5.58 Å². The fourth-order valence-electron chi connectivity index (χ4n) is 3.20. The summed E-state index contributed by atoms with van der Waals surface area (Å²) in [5, 5.41) is 0. The van der Waals surface area contributed by atoms with E-state index in [0.29, 0.717) is 5.89 Å². The quantitative estimate of drug-likeness (QED) is 0.630. The van der Waals surface area contributed by atoms with Crippen molar-refractivity contribution >= 4 is 27.0 Å². The van der Waals surface area contributed by atoms with Crippen molar-refractivity contribution in [3.63, 3.8) is 0 Å². The number of halogens is 1. The molecular formula is C19H19BrN2O. The summed E-state index contributed by atoms with van der Waals surface area (Å²) in [7, 11) is 0. The van der Waals surface area contributed by atoms with E-state index < -0.39 is 0 Å². The van der Waals surface area contributed by atoms with Crippen LogP contribution in [0.25, 0.3) is 22.6 Å². The highest BCUT2D eigenvalue weighted by atomic mass is 79.9. The lowest BCUT2D eigenvalue weighted by molar-refractivity contribution is 0.221. The molecule has 0 amide bonds. The van der Waals surface area contributed by atoms with Crippen LogP contribution in [0.4, 0.5) is 0 Å². The lowest BCUT2D eigenvalue weighted by Crippen LogP contribution is -2.29. The number of likely N-dealkylation sites (tertiary alicyclic amines) is 1. The lowest BCUT2D eigenvalue weighted by atomic mass is 10.1. The second-order valence-electron chi connectivity index (χ2n) is 6.14. The van der Waals surface area contributed by atoms with Crippen molar-refractivity contribution in [2.45, 2.75) is 25.8 Å². The molecule has 0 bridgehead atoms. The highest BCUT2D eigenvalue weighted by Crippen LogP contribution is 2.30. The number of hydrogen-bond acceptors (Lipinski definition) is 3. The predicted octanol–water partition coefficient (Wildman–Crippen LogP) is 5.24. The van der Waals surface area contributed by atoms with Crippen LogP contribution in [0.5, 0.6) is 0 Å². The Kier molecular flexibility index (Phi) is 4.19. The molecule has 1 aliphatic rings. The summed E-state index contributed by atoms with van der Waals surface area (Å²) in [6.07, 6.45) is 4.00. The minimum absolute atomic E-state index is 0.669. The monoisotopic (exact) mass is 370 g/mol. The Labute approximate surface area is 144 Å². The zero-order chi connectivity index (χ0) is 15.6. The van der Waals surface area contributed by atoms with Crippen molar-refractivity contribution in [3.8, 4) is 11.5 Å². The molecular weight excluding hydrogens is 352 g/mol. The molecule has 4 rings (SSSR count). The van der Waals surface area contributed by atoms with E-state index in [-0.39, 0.29) is 0 Å². The average Bonchev–Trinajstić information content (AvgIpc) is 2.99. The summed E-state index contributed by atoms with van der Waals surface area (Å²) in [6, 6.07) is 14.4. The van der Waals surface area contributed by atoms with Gasteiger partial charge in [0, 0.05) is 11.0 Å². The van der Waals surface area contributed by atoms with Crippen LogP contribution in [-0.2, 0) is 6.54 Å². The molecule has 3 aromatic rings. The van der Waals surface area contributed by atoms with E-state index in [2.05, 4.69) is 37.9 Å². The third-order valence-electron chi connectivity index (χ3n) is 4.41. The van der Waals surface area contributed by atoms with Crippen molar-refractivity contribution in [2.75, 3.05) is 13.1 Å². The van der Waals surface area contributed by atoms with Crippen LogP contribution < -0.4 is 0 Å². The summed E-state index contributed by atoms with van der Waals surface area (Å²) in [4.78, 5) is 7.21. The maximum Gasteiger partial charge on any atom is 0.228 e. The van der Waals surface area contributed by atoms with Gasteiger partial charge in [-0.2, -0.15) is 0 Å². The van der Waals surface area contributed by atoms with Crippen LogP contribution in [0.15, 0.2) is 51.4 Å². The van der Waals surface area contributed by atoms with Gasteiger partial charge in [-0.3, -0.25) is 4.90 Å². The first-order chi connectivity index (χ1) is 11.3. The molecule has 2 heterocycles. The van der Waals surface area contributed by atoms with Crippen LogP contribution in [0, 0.1) is 0 Å². The number of oxazole rings is 1. The molecule has 3 nitrogen and oxygen atoms in total. The number of fused-ring (bicyclic) bond motifs is 1. The second-order valence-corrected chi connectivity index (χ2v) is 6.99. The van der Waals surface area contributed by atoms with Gasteiger partial charge in [-0.25, -0.2) is 4.98 Å². The van der Waals surface area contributed by atoms with Gasteiger partial charge in [0.05, 0.1) is 5.56 Å². The van der Waals surface area contributed by atoms with Crippen molar-refractivity contribution in [3.05, 3.63) is 52.5 Å². The first-order valence-corrected chi connectivity index (χ1v) is 8.96. The summed E-state index contributed by atoms with van der Waals surface area (Å²) >= 11 is 3.56. The molecule has 0 atom stereocenters. The molecule has 118 valence electrons. The van der Waals surface area contributed by atoms with Crippen LogP contribution in [0.3, 0.4) is 0 Å². The zero-order valence-electron chi connectivity index (χ0n) is 13.0. The first kappa shape index (κ1) is 14.9. The Hall–Kier alpha value is -1.65. The maximum absolute atomic E-state index is 5.93. The first-order valence-electron chi connectivity index (χ1n) is 8.16. The number of benzene rings is 2. The zero-order valence-corrected chi connectivity index (χ0v) is 14.6. The summed E-state index contributed by atoms with van der Waals surface area (Å²) in [6.45, 7) is 3.42. The average molecular weight is 371 g/mol. The van der Waals surface area contributed by atoms with Crippen LogP contribution >= 0.6 is 15.9 Å². The van der Waals surface area contributed by atoms with Gasteiger partial charge < -0.3 is 4.42 Å². The lowest BCUT2D eigenvalue weighted by Gasteiger charge is -2.26. The van der Waals surface area contributed by atoms with Gasteiger partial charge >= 0.3 is 0 Å². The number of aromatic nitrogens is 1. The van der Waals surface area contributed by atoms with Crippen molar-refractivity contribution in [2.24, 2.45) is 0 Å². The smallest absolute Gasteiger partial charge is 0.228 e. The fraction of sp³-hybridized carbons (Fsp3) is 0.316. The van der Waals surface area contributed by atoms with Crippen molar-refractivity contribution < 1.29 is 4.42 Å². The van der Waals surface area contributed by atoms with Crippen LogP contribution in [0.2, 0.25) is 0 Å². The van der Waals surface area contributed by atoms with E-state index in [4.69, 9.17) is 4.42 Å². The molecule has 2 aromatic carbocycles. The highest BCUT2D eigenvalue weighted by Gasteiger charge is 2.13. The molecule has 23 heavy (non-hydrogen) atoms. The Morgan fingerprint density at radius 2 is 1.87 bits per heavy atom. The SMILES string of the molecule is Brc1ccccc1-c1nc2cc(CN3CCCCC3)ccc2o1. The van der Waals surface area contributed by atoms with Gasteiger partial charge in [-0.15, -0.1) is 0 Å². The van der Waals surface area contributed by atoms with E-state index in [1.54, 1.807) is 0 Å². The fourth-order valence-corrected chi connectivity index (χ4v) is 3.65. The van der Waals surface area contributed by atoms with Crippen LogP contribution in [-0.4, -0.2) is 23.0 Å². The van der Waals surface area contributed by atoms with Gasteiger partial charge in [0.2, 0.25) is 5.89 Å². The third-order valence-corrected chi connectivity index (χ3v) is 5.10. The van der Waals surface area contributed by atoms with Crippen molar-refractivity contribution in [1.29, 1.82) is 0 Å². The Bertz CT molecular complexity index is 821.